The molecule has 0 saturated carbocycles. The van der Waals surface area contributed by atoms with Crippen molar-refractivity contribution in [3.05, 3.63) is 59.7 Å². The number of nitrogens with zero attached hydrogens (tertiary/aromatic N) is 4. The smallest absolute Gasteiger partial charge is 0.263 e. The van der Waals surface area contributed by atoms with Crippen molar-refractivity contribution in [1.82, 2.24) is 5.01 Å². The first kappa shape index (κ1) is 19.5. The van der Waals surface area contributed by atoms with Crippen LogP contribution in [0.5, 0.6) is 0 Å². The Bertz CT molecular complexity index is 1110. The number of benzene rings is 2. The van der Waals surface area contributed by atoms with Gasteiger partial charge >= 0.3 is 0 Å². The third kappa shape index (κ3) is 3.25. The highest BCUT2D eigenvalue weighted by Gasteiger charge is 2.55. The van der Waals surface area contributed by atoms with Gasteiger partial charge in [-0.15, -0.1) is 0 Å². The minimum Gasteiger partial charge on any atom is -0.322 e. The normalized spacial score (nSPS) is 20.1. The second kappa shape index (κ2) is 7.21. The average Bonchev–Trinajstić information content (AvgIpc) is 3.20. The van der Waals surface area contributed by atoms with Gasteiger partial charge in [-0.1, -0.05) is 5.22 Å². The van der Waals surface area contributed by atoms with Crippen molar-refractivity contribution in [1.29, 1.82) is 0 Å². The molecule has 2 heterocycles. The molecule has 1 N–H and O–H groups in total. The van der Waals surface area contributed by atoms with Crippen molar-refractivity contribution in [2.45, 2.75) is 12.1 Å². The number of carbonyl (C=O) groups is 3. The van der Waals surface area contributed by atoms with E-state index < -0.39 is 59.6 Å². The first-order chi connectivity index (χ1) is 14.3. The molecule has 0 aliphatic carbocycles. The Labute approximate surface area is 165 Å². The number of hydrogen-bond donors (Lipinski definition) is 1. The van der Waals surface area contributed by atoms with Gasteiger partial charge in [0.05, 0.1) is 11.4 Å². The number of amides is 3. The molecule has 0 bridgehead atoms. The van der Waals surface area contributed by atoms with E-state index in [2.05, 4.69) is 15.7 Å². The van der Waals surface area contributed by atoms with Crippen molar-refractivity contribution < 1.29 is 31.9 Å². The van der Waals surface area contributed by atoms with Crippen LogP contribution in [0.1, 0.15) is 0 Å². The van der Waals surface area contributed by atoms with Crippen LogP contribution in [0.3, 0.4) is 0 Å². The summed E-state index contributed by atoms with van der Waals surface area (Å²) in [5, 5.41) is 10.5. The first-order valence-electron chi connectivity index (χ1n) is 8.51. The van der Waals surface area contributed by atoms with Crippen LogP contribution in [0.4, 0.5) is 28.9 Å². The summed E-state index contributed by atoms with van der Waals surface area (Å²) in [5.41, 5.74) is -0.474. The predicted molar refractivity (Wildman–Crippen MR) is 93.0 cm³/mol. The molecule has 2 aliphatic heterocycles. The first-order valence-corrected chi connectivity index (χ1v) is 8.51. The highest BCUT2D eigenvalue weighted by molar-refractivity contribution is 6.25. The zero-order valence-electron chi connectivity index (χ0n) is 14.9. The van der Waals surface area contributed by atoms with Gasteiger partial charge in [-0.2, -0.15) is 5.11 Å². The lowest BCUT2D eigenvalue weighted by atomic mass is 10.1. The molecule has 2 atom stereocenters. The van der Waals surface area contributed by atoms with E-state index in [0.717, 1.165) is 29.3 Å². The molecule has 0 aromatic heterocycles. The molecule has 1 saturated heterocycles. The number of imide groups is 1. The van der Waals surface area contributed by atoms with Gasteiger partial charge in [0.25, 0.3) is 11.8 Å². The van der Waals surface area contributed by atoms with Crippen molar-refractivity contribution in [3.63, 3.8) is 0 Å². The van der Waals surface area contributed by atoms with Gasteiger partial charge in [0.15, 0.2) is 23.7 Å². The highest BCUT2D eigenvalue weighted by atomic mass is 19.2. The van der Waals surface area contributed by atoms with Crippen LogP contribution in [-0.4, -0.2) is 41.4 Å². The van der Waals surface area contributed by atoms with Crippen LogP contribution in [0, 0.1) is 23.3 Å². The van der Waals surface area contributed by atoms with Crippen LogP contribution in [0.15, 0.2) is 46.7 Å². The fraction of sp³-hybridized carbons (Fsp3) is 0.167. The molecule has 2 unspecified atom stereocenters. The van der Waals surface area contributed by atoms with E-state index in [0.29, 0.717) is 17.0 Å². The van der Waals surface area contributed by atoms with E-state index >= 15 is 0 Å². The summed E-state index contributed by atoms with van der Waals surface area (Å²) in [6.45, 7) is -0.563. The molecule has 2 aromatic rings. The van der Waals surface area contributed by atoms with Crippen LogP contribution in [0.25, 0.3) is 0 Å². The lowest BCUT2D eigenvalue weighted by Gasteiger charge is -2.20. The minimum absolute atomic E-state index is 0.189. The molecular formula is C18H11F4N5O3. The highest BCUT2D eigenvalue weighted by Crippen LogP contribution is 2.32. The van der Waals surface area contributed by atoms with Gasteiger partial charge in [0.1, 0.15) is 18.2 Å². The van der Waals surface area contributed by atoms with Gasteiger partial charge in [-0.25, -0.2) is 22.5 Å². The summed E-state index contributed by atoms with van der Waals surface area (Å²) in [6, 6.07) is 2.53. The number of fused-ring (bicyclic) bond motifs is 1. The molecule has 0 spiro atoms. The van der Waals surface area contributed by atoms with Crippen LogP contribution < -0.4 is 10.2 Å². The monoisotopic (exact) mass is 421 g/mol. The quantitative estimate of drug-likeness (QED) is 0.605. The molecule has 30 heavy (non-hydrogen) atoms. The van der Waals surface area contributed by atoms with Crippen molar-refractivity contribution in [3.8, 4) is 0 Å². The Morgan fingerprint density at radius 1 is 0.967 bits per heavy atom. The molecule has 2 aliphatic rings. The van der Waals surface area contributed by atoms with E-state index in [1.165, 1.54) is 0 Å². The fourth-order valence-corrected chi connectivity index (χ4v) is 3.16. The summed E-state index contributed by atoms with van der Waals surface area (Å²) >= 11 is 0. The predicted octanol–water partition coefficient (Wildman–Crippen LogP) is 2.17. The number of carbonyl (C=O) groups excluding carboxylic acids is 3. The number of nitrogens with one attached hydrogen (secondary N) is 1. The molecule has 4 rings (SSSR count). The van der Waals surface area contributed by atoms with Crippen molar-refractivity contribution in [2.75, 3.05) is 16.8 Å². The molecule has 2 aromatic carbocycles. The molecule has 12 heteroatoms. The van der Waals surface area contributed by atoms with Crippen LogP contribution >= 0.6 is 0 Å². The number of hydrogen-bond acceptors (Lipinski definition) is 6. The second-order valence-corrected chi connectivity index (χ2v) is 6.47. The number of anilines is 2. The lowest BCUT2D eigenvalue weighted by Crippen LogP contribution is -2.43. The van der Waals surface area contributed by atoms with Crippen molar-refractivity contribution in [2.24, 2.45) is 10.3 Å². The Morgan fingerprint density at radius 3 is 2.43 bits per heavy atom. The zero-order chi connectivity index (χ0) is 21.6. The molecular weight excluding hydrogens is 410 g/mol. The minimum atomic E-state index is -1.27. The topological polar surface area (TPSA) is 94.4 Å². The SMILES string of the molecule is O=C(CN1N=NC2C(=O)N(c3ccc(F)c(F)c3)C(=O)C21)Nc1ccc(F)cc1F. The van der Waals surface area contributed by atoms with Crippen LogP contribution in [0.2, 0.25) is 0 Å². The maximum Gasteiger partial charge on any atom is 0.263 e. The molecule has 0 radical (unpaired) electrons. The largest absolute Gasteiger partial charge is 0.322 e. The Morgan fingerprint density at radius 2 is 1.73 bits per heavy atom. The second-order valence-electron chi connectivity index (χ2n) is 6.47. The lowest BCUT2D eigenvalue weighted by molar-refractivity contribution is -0.123. The Kier molecular flexibility index (Phi) is 4.68. The fourth-order valence-electron chi connectivity index (χ4n) is 3.16. The Balaban J connectivity index is 1.50. The summed E-state index contributed by atoms with van der Waals surface area (Å²) < 4.78 is 53.3. The zero-order valence-corrected chi connectivity index (χ0v) is 14.9. The maximum absolute atomic E-state index is 13.7. The van der Waals surface area contributed by atoms with Crippen LogP contribution in [-0.2, 0) is 14.4 Å². The van der Waals surface area contributed by atoms with Gasteiger partial charge in [0.2, 0.25) is 5.91 Å². The van der Waals surface area contributed by atoms with Gasteiger partial charge in [0, 0.05) is 12.1 Å². The molecule has 3 amide bonds. The average molecular weight is 421 g/mol. The third-order valence-electron chi connectivity index (χ3n) is 4.53. The van der Waals surface area contributed by atoms with E-state index in [-0.39, 0.29) is 11.4 Å². The van der Waals surface area contributed by atoms with E-state index in [4.69, 9.17) is 0 Å². The number of rotatable bonds is 4. The summed E-state index contributed by atoms with van der Waals surface area (Å²) in [5.74, 6) is -6.66. The summed E-state index contributed by atoms with van der Waals surface area (Å²) in [6.07, 6.45) is 0. The summed E-state index contributed by atoms with van der Waals surface area (Å²) in [4.78, 5) is 38.1. The molecule has 154 valence electrons. The molecule has 8 nitrogen and oxygen atoms in total. The van der Waals surface area contributed by atoms with Gasteiger partial charge < -0.3 is 5.32 Å². The van der Waals surface area contributed by atoms with Gasteiger partial charge in [-0.05, 0) is 24.3 Å². The summed E-state index contributed by atoms with van der Waals surface area (Å²) in [7, 11) is 0. The maximum atomic E-state index is 13.7. The van der Waals surface area contributed by atoms with Gasteiger partial charge in [-0.3, -0.25) is 19.4 Å². The van der Waals surface area contributed by atoms with E-state index in [1.54, 1.807) is 0 Å². The van der Waals surface area contributed by atoms with Crippen molar-refractivity contribution >= 4 is 29.1 Å². The standard InChI is InChI=1S/C18H11F4N5O3/c19-8-1-4-13(12(22)5-8)23-14(28)7-26-16-15(24-25-26)17(29)27(18(16)30)9-2-3-10(20)11(21)6-9/h1-6,15-16H,7H2,(H,23,28). The third-order valence-corrected chi connectivity index (χ3v) is 4.53. The number of halogens is 4. The molecule has 1 fully saturated rings. The Hall–Kier alpha value is -3.83. The van der Waals surface area contributed by atoms with E-state index in [1.807, 2.05) is 0 Å². The van der Waals surface area contributed by atoms with E-state index in [9.17, 15) is 31.9 Å².